The molecular weight excluding hydrogens is 470 g/mol. The average molecular weight is 496 g/mol. The first-order chi connectivity index (χ1) is 14.3. The number of rotatable bonds is 7. The lowest BCUT2D eigenvalue weighted by atomic mass is 10.2. The summed E-state index contributed by atoms with van der Waals surface area (Å²) in [7, 11) is -1.88. The van der Waals surface area contributed by atoms with Gasteiger partial charge in [0.25, 0.3) is 0 Å². The minimum Gasteiger partial charge on any atom is -0.497 e. The Bertz CT molecular complexity index is 957. The zero-order valence-electron chi connectivity index (χ0n) is 17.1. The molecule has 0 bridgehead atoms. The van der Waals surface area contributed by atoms with Crippen LogP contribution in [0.25, 0.3) is 0 Å². The topological polar surface area (TPSA) is 70.2 Å². The van der Waals surface area contributed by atoms with Gasteiger partial charge in [-0.1, -0.05) is 28.1 Å². The number of benzene rings is 2. The standard InChI is InChI=1S/C21H26BrN3O4S/c1-29-20-9-7-19(8-10-20)23-11-13-24(14-12-23)21(26)16-25(30(2,27)28)15-17-3-5-18(22)6-4-17/h3-10H,11-16H2,1-2H3. The highest BCUT2D eigenvalue weighted by Crippen LogP contribution is 2.21. The molecule has 1 heterocycles. The number of piperazine rings is 1. The van der Waals surface area contributed by atoms with Crippen LogP contribution in [0.5, 0.6) is 5.75 Å². The zero-order chi connectivity index (χ0) is 21.7. The van der Waals surface area contributed by atoms with Crippen molar-refractivity contribution in [1.82, 2.24) is 9.21 Å². The van der Waals surface area contributed by atoms with E-state index in [0.717, 1.165) is 27.7 Å². The molecule has 1 saturated heterocycles. The number of hydrogen-bond acceptors (Lipinski definition) is 5. The molecule has 30 heavy (non-hydrogen) atoms. The summed E-state index contributed by atoms with van der Waals surface area (Å²) in [5, 5.41) is 0. The number of halogens is 1. The lowest BCUT2D eigenvalue weighted by molar-refractivity contribution is -0.131. The third-order valence-corrected chi connectivity index (χ3v) is 6.85. The maximum absolute atomic E-state index is 12.8. The quantitative estimate of drug-likeness (QED) is 0.590. The Kier molecular flexibility index (Phi) is 7.38. The SMILES string of the molecule is COc1ccc(N2CCN(C(=O)CN(Cc3ccc(Br)cc3)S(C)(=O)=O)CC2)cc1. The zero-order valence-corrected chi connectivity index (χ0v) is 19.5. The summed E-state index contributed by atoms with van der Waals surface area (Å²) in [6.07, 6.45) is 1.14. The molecule has 0 unspecified atom stereocenters. The molecule has 0 saturated carbocycles. The van der Waals surface area contributed by atoms with Crippen molar-refractivity contribution >= 4 is 37.5 Å². The van der Waals surface area contributed by atoms with Crippen LogP contribution in [0, 0.1) is 0 Å². The number of carbonyl (C=O) groups is 1. The van der Waals surface area contributed by atoms with Gasteiger partial charge in [-0.3, -0.25) is 4.79 Å². The van der Waals surface area contributed by atoms with Gasteiger partial charge >= 0.3 is 0 Å². The van der Waals surface area contributed by atoms with Crippen LogP contribution in [0.3, 0.4) is 0 Å². The van der Waals surface area contributed by atoms with Gasteiger partial charge in [-0.2, -0.15) is 4.31 Å². The summed E-state index contributed by atoms with van der Waals surface area (Å²) in [5.41, 5.74) is 1.91. The molecule has 0 spiro atoms. The molecule has 3 rings (SSSR count). The molecule has 0 aromatic heterocycles. The van der Waals surface area contributed by atoms with Crippen LogP contribution in [0.4, 0.5) is 5.69 Å². The fourth-order valence-electron chi connectivity index (χ4n) is 3.34. The van der Waals surface area contributed by atoms with Crippen LogP contribution in [0.2, 0.25) is 0 Å². The van der Waals surface area contributed by atoms with Crippen LogP contribution in [-0.2, 0) is 21.4 Å². The van der Waals surface area contributed by atoms with Crippen molar-refractivity contribution in [3.63, 3.8) is 0 Å². The molecule has 2 aromatic carbocycles. The van der Waals surface area contributed by atoms with Crippen molar-refractivity contribution in [1.29, 1.82) is 0 Å². The maximum Gasteiger partial charge on any atom is 0.238 e. The second kappa shape index (κ2) is 9.80. The van der Waals surface area contributed by atoms with Crippen molar-refractivity contribution in [3.05, 3.63) is 58.6 Å². The van der Waals surface area contributed by atoms with Crippen molar-refractivity contribution in [2.45, 2.75) is 6.54 Å². The number of ether oxygens (including phenoxy) is 1. The Balaban J connectivity index is 1.59. The highest BCUT2D eigenvalue weighted by molar-refractivity contribution is 9.10. The molecule has 0 radical (unpaired) electrons. The number of methoxy groups -OCH3 is 1. The summed E-state index contributed by atoms with van der Waals surface area (Å²) in [6, 6.07) is 15.2. The van der Waals surface area contributed by atoms with Crippen LogP contribution in [-0.4, -0.2) is 69.6 Å². The first-order valence-electron chi connectivity index (χ1n) is 9.62. The number of sulfonamides is 1. The van der Waals surface area contributed by atoms with Gasteiger partial charge in [0, 0.05) is 42.9 Å². The van der Waals surface area contributed by atoms with E-state index >= 15 is 0 Å². The van der Waals surface area contributed by atoms with Crippen molar-refractivity contribution in [3.8, 4) is 5.75 Å². The van der Waals surface area contributed by atoms with E-state index in [9.17, 15) is 13.2 Å². The number of nitrogens with zero attached hydrogens (tertiary/aromatic N) is 3. The lowest BCUT2D eigenvalue weighted by Crippen LogP contribution is -2.51. The monoisotopic (exact) mass is 495 g/mol. The highest BCUT2D eigenvalue weighted by atomic mass is 79.9. The highest BCUT2D eigenvalue weighted by Gasteiger charge is 2.26. The molecule has 1 fully saturated rings. The molecule has 0 N–H and O–H groups in total. The third kappa shape index (κ3) is 5.96. The van der Waals surface area contributed by atoms with Crippen molar-refractivity contribution < 1.29 is 17.9 Å². The Morgan fingerprint density at radius 3 is 2.17 bits per heavy atom. The van der Waals surface area contributed by atoms with Crippen molar-refractivity contribution in [2.24, 2.45) is 0 Å². The minimum atomic E-state index is -3.52. The number of carbonyl (C=O) groups excluding carboxylic acids is 1. The van der Waals surface area contributed by atoms with E-state index in [1.165, 1.54) is 4.31 Å². The van der Waals surface area contributed by atoms with Gasteiger partial charge < -0.3 is 14.5 Å². The molecule has 1 aliphatic heterocycles. The molecule has 9 heteroatoms. The molecule has 0 atom stereocenters. The van der Waals surface area contributed by atoms with Gasteiger partial charge in [-0.25, -0.2) is 8.42 Å². The van der Waals surface area contributed by atoms with E-state index in [0.29, 0.717) is 26.2 Å². The predicted octanol–water partition coefficient (Wildman–Crippen LogP) is 2.57. The first-order valence-corrected chi connectivity index (χ1v) is 12.3. The molecule has 162 valence electrons. The summed E-state index contributed by atoms with van der Waals surface area (Å²) in [6.45, 7) is 2.52. The second-order valence-electron chi connectivity index (χ2n) is 7.22. The Labute approximate surface area is 186 Å². The number of hydrogen-bond donors (Lipinski definition) is 0. The summed E-state index contributed by atoms with van der Waals surface area (Å²) < 4.78 is 31.8. The van der Waals surface area contributed by atoms with E-state index < -0.39 is 10.0 Å². The van der Waals surface area contributed by atoms with Crippen LogP contribution < -0.4 is 9.64 Å². The van der Waals surface area contributed by atoms with Gasteiger partial charge in [0.15, 0.2) is 0 Å². The fraction of sp³-hybridized carbons (Fsp3) is 0.381. The van der Waals surface area contributed by atoms with E-state index in [2.05, 4.69) is 20.8 Å². The molecular formula is C21H26BrN3O4S. The lowest BCUT2D eigenvalue weighted by Gasteiger charge is -2.37. The van der Waals surface area contributed by atoms with Gasteiger partial charge in [0.05, 0.1) is 19.9 Å². The van der Waals surface area contributed by atoms with Gasteiger partial charge in [0.2, 0.25) is 15.9 Å². The van der Waals surface area contributed by atoms with Crippen LogP contribution in [0.15, 0.2) is 53.0 Å². The molecule has 0 aliphatic carbocycles. The minimum absolute atomic E-state index is 0.155. The first kappa shape index (κ1) is 22.6. The molecule has 7 nitrogen and oxygen atoms in total. The summed E-state index contributed by atoms with van der Waals surface area (Å²) in [4.78, 5) is 16.7. The Morgan fingerprint density at radius 1 is 1.03 bits per heavy atom. The predicted molar refractivity (Wildman–Crippen MR) is 121 cm³/mol. The molecule has 1 aliphatic rings. The fourth-order valence-corrected chi connectivity index (χ4v) is 4.33. The maximum atomic E-state index is 12.8. The van der Waals surface area contributed by atoms with Gasteiger partial charge in [-0.05, 0) is 42.0 Å². The molecule has 1 amide bonds. The van der Waals surface area contributed by atoms with Crippen molar-refractivity contribution in [2.75, 3.05) is 51.0 Å². The number of anilines is 1. The smallest absolute Gasteiger partial charge is 0.238 e. The molecule has 2 aromatic rings. The summed E-state index contributed by atoms with van der Waals surface area (Å²) in [5.74, 6) is 0.631. The second-order valence-corrected chi connectivity index (χ2v) is 10.1. The average Bonchev–Trinajstić information content (AvgIpc) is 2.74. The van der Waals surface area contributed by atoms with Gasteiger partial charge in [-0.15, -0.1) is 0 Å². The third-order valence-electron chi connectivity index (χ3n) is 5.12. The van der Waals surface area contributed by atoms with Crippen LogP contribution >= 0.6 is 15.9 Å². The number of amides is 1. The van der Waals surface area contributed by atoms with E-state index in [4.69, 9.17) is 4.74 Å². The van der Waals surface area contributed by atoms with Gasteiger partial charge in [0.1, 0.15) is 5.75 Å². The Hall–Kier alpha value is -2.10. The summed E-state index contributed by atoms with van der Waals surface area (Å²) >= 11 is 3.37. The van der Waals surface area contributed by atoms with E-state index in [-0.39, 0.29) is 19.0 Å². The van der Waals surface area contributed by atoms with E-state index in [1.807, 2.05) is 48.5 Å². The Morgan fingerprint density at radius 2 is 1.63 bits per heavy atom. The van der Waals surface area contributed by atoms with E-state index in [1.54, 1.807) is 12.0 Å². The largest absolute Gasteiger partial charge is 0.497 e. The normalized spacial score (nSPS) is 14.8. The van der Waals surface area contributed by atoms with Crippen LogP contribution in [0.1, 0.15) is 5.56 Å².